The van der Waals surface area contributed by atoms with Crippen LogP contribution < -0.4 is 10.6 Å². The number of anilines is 1. The number of carboxylic acid groups (broad SMARTS) is 1. The maximum absolute atomic E-state index is 11.8. The van der Waals surface area contributed by atoms with E-state index in [9.17, 15) is 9.59 Å². The molecule has 1 heterocycles. The zero-order chi connectivity index (χ0) is 15.3. The molecule has 2 amide bonds. The number of nitrogens with zero attached hydrogens (tertiary/aromatic N) is 1. The summed E-state index contributed by atoms with van der Waals surface area (Å²) in [7, 11) is 1.67. The van der Waals surface area contributed by atoms with Crippen LogP contribution >= 0.6 is 0 Å². The summed E-state index contributed by atoms with van der Waals surface area (Å²) in [6, 6.07) is 2.54. The molecule has 21 heavy (non-hydrogen) atoms. The molecule has 0 bridgehead atoms. The van der Waals surface area contributed by atoms with Gasteiger partial charge in [-0.05, 0) is 36.8 Å². The first-order valence-electron chi connectivity index (χ1n) is 6.78. The van der Waals surface area contributed by atoms with Crippen LogP contribution in [0.25, 0.3) is 0 Å². The van der Waals surface area contributed by atoms with Crippen molar-refractivity contribution in [2.75, 3.05) is 25.6 Å². The number of ether oxygens (including phenoxy) is 1. The largest absolute Gasteiger partial charge is 0.477 e. The Morgan fingerprint density at radius 3 is 2.71 bits per heavy atom. The summed E-state index contributed by atoms with van der Waals surface area (Å²) in [5, 5.41) is 14.2. The number of rotatable bonds is 7. The summed E-state index contributed by atoms with van der Waals surface area (Å²) in [4.78, 5) is 26.2. The molecule has 1 fully saturated rings. The maximum Gasteiger partial charge on any atom is 0.354 e. The highest BCUT2D eigenvalue weighted by molar-refractivity contribution is 5.90. The Labute approximate surface area is 122 Å². The first-order valence-corrected chi connectivity index (χ1v) is 6.78. The minimum Gasteiger partial charge on any atom is -0.477 e. The van der Waals surface area contributed by atoms with E-state index in [2.05, 4.69) is 15.6 Å². The molecule has 0 unspecified atom stereocenters. The molecule has 0 aromatic carbocycles. The first-order chi connectivity index (χ1) is 10.0. The molecule has 0 spiro atoms. The van der Waals surface area contributed by atoms with Gasteiger partial charge in [0.15, 0.2) is 0 Å². The van der Waals surface area contributed by atoms with Crippen molar-refractivity contribution >= 4 is 17.7 Å². The highest BCUT2D eigenvalue weighted by Gasteiger charge is 2.42. The van der Waals surface area contributed by atoms with Crippen molar-refractivity contribution in [3.8, 4) is 0 Å². The van der Waals surface area contributed by atoms with E-state index in [0.717, 1.165) is 19.3 Å². The van der Waals surface area contributed by atoms with Crippen LogP contribution in [-0.2, 0) is 4.74 Å². The molecule has 0 atom stereocenters. The molecule has 1 aliphatic rings. The number of aromatic carboxylic acids is 1. The number of aromatic nitrogens is 1. The predicted molar refractivity (Wildman–Crippen MR) is 76.4 cm³/mol. The second-order valence-corrected chi connectivity index (χ2v) is 5.29. The summed E-state index contributed by atoms with van der Waals surface area (Å²) in [5.41, 5.74) is 0.579. The number of carbonyl (C=O) groups excluding carboxylic acids is 1. The van der Waals surface area contributed by atoms with Crippen molar-refractivity contribution in [3.63, 3.8) is 0 Å². The molecule has 7 heteroatoms. The molecular formula is C14H19N3O4. The fraction of sp³-hybridized carbons (Fsp3) is 0.500. The smallest absolute Gasteiger partial charge is 0.354 e. The molecular weight excluding hydrogens is 274 g/mol. The van der Waals surface area contributed by atoms with Crippen molar-refractivity contribution in [2.24, 2.45) is 5.41 Å². The topological polar surface area (TPSA) is 101 Å². The highest BCUT2D eigenvalue weighted by Crippen LogP contribution is 2.48. The normalized spacial score (nSPS) is 15.3. The third-order valence-electron chi connectivity index (χ3n) is 3.66. The zero-order valence-corrected chi connectivity index (χ0v) is 11.9. The number of hydrogen-bond donors (Lipinski definition) is 3. The van der Waals surface area contributed by atoms with Crippen LogP contribution in [0.4, 0.5) is 10.5 Å². The average Bonchev–Trinajstić information content (AvgIpc) is 3.24. The number of methoxy groups -OCH3 is 1. The van der Waals surface area contributed by atoms with Crippen molar-refractivity contribution in [2.45, 2.75) is 19.3 Å². The fourth-order valence-electron chi connectivity index (χ4n) is 2.05. The van der Waals surface area contributed by atoms with E-state index in [0.29, 0.717) is 18.8 Å². The molecule has 114 valence electrons. The summed E-state index contributed by atoms with van der Waals surface area (Å²) in [5.74, 6) is -1.10. The van der Waals surface area contributed by atoms with Crippen molar-refractivity contribution in [1.29, 1.82) is 0 Å². The van der Waals surface area contributed by atoms with Gasteiger partial charge in [-0.25, -0.2) is 14.6 Å². The van der Waals surface area contributed by atoms with E-state index in [1.807, 2.05) is 0 Å². The van der Waals surface area contributed by atoms with Crippen LogP contribution in [0.3, 0.4) is 0 Å². The van der Waals surface area contributed by atoms with Gasteiger partial charge in [-0.3, -0.25) is 0 Å². The molecule has 1 aliphatic carbocycles. The van der Waals surface area contributed by atoms with E-state index < -0.39 is 5.97 Å². The number of amides is 2. The first kappa shape index (κ1) is 15.2. The number of pyridine rings is 1. The lowest BCUT2D eigenvalue weighted by Gasteiger charge is -2.15. The third-order valence-corrected chi connectivity index (χ3v) is 3.66. The van der Waals surface area contributed by atoms with Crippen LogP contribution in [0, 0.1) is 5.41 Å². The molecule has 0 saturated heterocycles. The summed E-state index contributed by atoms with van der Waals surface area (Å²) in [6.07, 6.45) is 4.47. The predicted octanol–water partition coefficient (Wildman–Crippen LogP) is 1.72. The van der Waals surface area contributed by atoms with Gasteiger partial charge in [-0.2, -0.15) is 0 Å². The molecule has 3 N–H and O–H groups in total. The van der Waals surface area contributed by atoms with Crippen LogP contribution in [-0.4, -0.2) is 42.4 Å². The standard InChI is InChI=1S/C14H19N3O4/c1-21-7-6-14(4-5-14)9-16-13(20)17-10-2-3-11(12(18)19)15-8-10/h2-3,8H,4-7,9H2,1H3,(H,18,19)(H2,16,17,20). The van der Waals surface area contributed by atoms with Gasteiger partial charge in [0.25, 0.3) is 0 Å². The SMILES string of the molecule is COCCC1(CNC(=O)Nc2ccc(C(=O)O)nc2)CC1. The van der Waals surface area contributed by atoms with Crippen molar-refractivity contribution < 1.29 is 19.4 Å². The third kappa shape index (κ3) is 4.42. The van der Waals surface area contributed by atoms with Crippen molar-refractivity contribution in [3.05, 3.63) is 24.0 Å². The van der Waals surface area contributed by atoms with Crippen LogP contribution in [0.1, 0.15) is 29.8 Å². The minimum absolute atomic E-state index is 0.0579. The summed E-state index contributed by atoms with van der Waals surface area (Å²) >= 11 is 0. The monoisotopic (exact) mass is 293 g/mol. The molecule has 0 radical (unpaired) electrons. The van der Waals surface area contributed by atoms with E-state index in [1.165, 1.54) is 18.3 Å². The molecule has 1 saturated carbocycles. The Morgan fingerprint density at radius 1 is 1.43 bits per heavy atom. The van der Waals surface area contributed by atoms with Crippen molar-refractivity contribution in [1.82, 2.24) is 10.3 Å². The second kappa shape index (κ2) is 6.53. The van der Waals surface area contributed by atoms with Gasteiger partial charge in [-0.1, -0.05) is 0 Å². The number of hydrogen-bond acceptors (Lipinski definition) is 4. The van der Waals surface area contributed by atoms with Crippen LogP contribution in [0.15, 0.2) is 18.3 Å². The number of carbonyl (C=O) groups is 2. The Bertz CT molecular complexity index is 511. The van der Waals surface area contributed by atoms with Gasteiger partial charge >= 0.3 is 12.0 Å². The van der Waals surface area contributed by atoms with Gasteiger partial charge in [0.1, 0.15) is 5.69 Å². The van der Waals surface area contributed by atoms with E-state index >= 15 is 0 Å². The zero-order valence-electron chi connectivity index (χ0n) is 11.9. The number of nitrogens with one attached hydrogen (secondary N) is 2. The molecule has 7 nitrogen and oxygen atoms in total. The average molecular weight is 293 g/mol. The molecule has 1 aromatic heterocycles. The quantitative estimate of drug-likeness (QED) is 0.710. The summed E-state index contributed by atoms with van der Waals surface area (Å²) in [6.45, 7) is 1.31. The summed E-state index contributed by atoms with van der Waals surface area (Å²) < 4.78 is 5.07. The van der Waals surface area contributed by atoms with Gasteiger partial charge in [0, 0.05) is 20.3 Å². The molecule has 2 rings (SSSR count). The van der Waals surface area contributed by atoms with Gasteiger partial charge in [0.05, 0.1) is 11.9 Å². The van der Waals surface area contributed by atoms with Gasteiger partial charge < -0.3 is 20.5 Å². The van der Waals surface area contributed by atoms with E-state index in [1.54, 1.807) is 7.11 Å². The fourth-order valence-corrected chi connectivity index (χ4v) is 2.05. The number of urea groups is 1. The lowest BCUT2D eigenvalue weighted by atomic mass is 10.0. The lowest BCUT2D eigenvalue weighted by Crippen LogP contribution is -2.34. The molecule has 0 aliphatic heterocycles. The number of carboxylic acids is 1. The Morgan fingerprint density at radius 2 is 2.19 bits per heavy atom. The minimum atomic E-state index is -1.10. The van der Waals surface area contributed by atoms with E-state index in [-0.39, 0.29) is 17.1 Å². The Kier molecular flexibility index (Phi) is 4.74. The van der Waals surface area contributed by atoms with Crippen LogP contribution in [0.2, 0.25) is 0 Å². The van der Waals surface area contributed by atoms with Gasteiger partial charge in [0.2, 0.25) is 0 Å². The second-order valence-electron chi connectivity index (χ2n) is 5.29. The highest BCUT2D eigenvalue weighted by atomic mass is 16.5. The molecule has 1 aromatic rings. The van der Waals surface area contributed by atoms with Gasteiger partial charge in [-0.15, -0.1) is 0 Å². The maximum atomic E-state index is 11.8. The van der Waals surface area contributed by atoms with E-state index in [4.69, 9.17) is 9.84 Å². The Hall–Kier alpha value is -2.15. The lowest BCUT2D eigenvalue weighted by molar-refractivity contribution is 0.0690. The Balaban J connectivity index is 1.78. The van der Waals surface area contributed by atoms with Crippen LogP contribution in [0.5, 0.6) is 0 Å².